The van der Waals surface area contributed by atoms with Gasteiger partial charge in [-0.3, -0.25) is 9.59 Å². The van der Waals surface area contributed by atoms with E-state index in [0.717, 1.165) is 19.4 Å². The Hall–Kier alpha value is -1.06. The Labute approximate surface area is 104 Å². The summed E-state index contributed by atoms with van der Waals surface area (Å²) in [5, 5.41) is 2.73. The molecule has 0 spiro atoms. The van der Waals surface area contributed by atoms with E-state index in [2.05, 4.69) is 12.2 Å². The zero-order valence-corrected chi connectivity index (χ0v) is 11.2. The van der Waals surface area contributed by atoms with E-state index in [-0.39, 0.29) is 23.9 Å². The molecule has 0 aliphatic carbocycles. The van der Waals surface area contributed by atoms with Gasteiger partial charge in [-0.1, -0.05) is 33.1 Å². The van der Waals surface area contributed by atoms with E-state index in [4.69, 9.17) is 0 Å². The minimum atomic E-state index is -0.364. The van der Waals surface area contributed by atoms with E-state index in [9.17, 15) is 9.59 Å². The normalized spacial score (nSPS) is 25.0. The molecule has 0 aromatic carbocycles. The van der Waals surface area contributed by atoms with Crippen molar-refractivity contribution in [3.8, 4) is 0 Å². The minimum absolute atomic E-state index is 0.00454. The highest BCUT2D eigenvalue weighted by Crippen LogP contribution is 2.14. The van der Waals surface area contributed by atoms with Crippen molar-refractivity contribution in [3.63, 3.8) is 0 Å². The van der Waals surface area contributed by atoms with E-state index >= 15 is 0 Å². The molecule has 1 rings (SSSR count). The maximum atomic E-state index is 12.0. The molecule has 1 N–H and O–H groups in total. The zero-order chi connectivity index (χ0) is 12.8. The summed E-state index contributed by atoms with van der Waals surface area (Å²) in [5.41, 5.74) is 0. The van der Waals surface area contributed by atoms with Crippen LogP contribution >= 0.6 is 0 Å². The van der Waals surface area contributed by atoms with Crippen molar-refractivity contribution in [2.45, 2.75) is 65.0 Å². The first kappa shape index (κ1) is 14.0. The Bertz CT molecular complexity index is 279. The molecule has 98 valence electrons. The Morgan fingerprint density at radius 2 is 1.88 bits per heavy atom. The molecule has 2 amide bonds. The van der Waals surface area contributed by atoms with Crippen LogP contribution in [0.3, 0.4) is 0 Å². The second kappa shape index (κ2) is 6.62. The third-order valence-corrected chi connectivity index (χ3v) is 3.33. The highest BCUT2D eigenvalue weighted by Gasteiger charge is 2.36. The molecule has 4 nitrogen and oxygen atoms in total. The summed E-state index contributed by atoms with van der Waals surface area (Å²) in [6.07, 6.45) is 5.20. The molecule has 2 unspecified atom stereocenters. The van der Waals surface area contributed by atoms with Crippen molar-refractivity contribution in [2.75, 3.05) is 6.54 Å². The van der Waals surface area contributed by atoms with Crippen LogP contribution in [0.1, 0.15) is 52.9 Å². The molecule has 1 saturated heterocycles. The number of unbranched alkanes of at least 4 members (excludes halogenated alkanes) is 3. The van der Waals surface area contributed by atoms with Crippen molar-refractivity contribution in [1.82, 2.24) is 10.2 Å². The van der Waals surface area contributed by atoms with Crippen LogP contribution in [-0.2, 0) is 9.59 Å². The smallest absolute Gasteiger partial charge is 0.245 e. The Kier molecular flexibility index (Phi) is 5.45. The molecule has 1 heterocycles. The highest BCUT2D eigenvalue weighted by molar-refractivity contribution is 5.96. The van der Waals surface area contributed by atoms with Gasteiger partial charge in [-0.25, -0.2) is 0 Å². The average Bonchev–Trinajstić information content (AvgIpc) is 2.30. The first-order chi connectivity index (χ1) is 8.11. The number of nitrogens with one attached hydrogen (secondary N) is 1. The van der Waals surface area contributed by atoms with Crippen LogP contribution in [0.4, 0.5) is 0 Å². The maximum absolute atomic E-state index is 12.0. The standard InChI is InChI=1S/C13H24N2O2/c1-4-6-7-8-9-15-11(5-2)12(16)14-10(3)13(15)17/h10-11H,4-9H2,1-3H3,(H,14,16). The molecular weight excluding hydrogens is 216 g/mol. The van der Waals surface area contributed by atoms with Crippen LogP contribution in [0, 0.1) is 0 Å². The van der Waals surface area contributed by atoms with Crippen LogP contribution in [0.2, 0.25) is 0 Å². The van der Waals surface area contributed by atoms with Crippen LogP contribution < -0.4 is 5.32 Å². The summed E-state index contributed by atoms with van der Waals surface area (Å²) in [6.45, 7) is 6.59. The van der Waals surface area contributed by atoms with Crippen LogP contribution in [-0.4, -0.2) is 35.3 Å². The summed E-state index contributed by atoms with van der Waals surface area (Å²) < 4.78 is 0. The number of carbonyl (C=O) groups is 2. The number of rotatable bonds is 6. The largest absolute Gasteiger partial charge is 0.343 e. The molecule has 0 aromatic heterocycles. The van der Waals surface area contributed by atoms with Gasteiger partial charge in [0.2, 0.25) is 11.8 Å². The predicted molar refractivity (Wildman–Crippen MR) is 67.5 cm³/mol. The van der Waals surface area contributed by atoms with E-state index in [1.165, 1.54) is 12.8 Å². The second-order valence-corrected chi connectivity index (χ2v) is 4.75. The summed E-state index contributed by atoms with van der Waals surface area (Å²) in [4.78, 5) is 25.6. The summed E-state index contributed by atoms with van der Waals surface area (Å²) in [6, 6.07) is -0.628. The van der Waals surface area contributed by atoms with Gasteiger partial charge in [-0.15, -0.1) is 0 Å². The molecule has 0 saturated carbocycles. The monoisotopic (exact) mass is 240 g/mol. The van der Waals surface area contributed by atoms with Crippen LogP contribution in [0.15, 0.2) is 0 Å². The topological polar surface area (TPSA) is 49.4 Å². The molecule has 2 atom stereocenters. The third kappa shape index (κ3) is 3.45. The summed E-state index contributed by atoms with van der Waals surface area (Å²) in [7, 11) is 0. The van der Waals surface area contributed by atoms with Gasteiger partial charge in [0.25, 0.3) is 0 Å². The average molecular weight is 240 g/mol. The molecule has 4 heteroatoms. The molecule has 17 heavy (non-hydrogen) atoms. The van der Waals surface area contributed by atoms with E-state index in [1.807, 2.05) is 6.92 Å². The fourth-order valence-corrected chi connectivity index (χ4v) is 2.30. The van der Waals surface area contributed by atoms with Gasteiger partial charge in [-0.2, -0.15) is 0 Å². The number of piperazine rings is 1. The third-order valence-electron chi connectivity index (χ3n) is 3.33. The van der Waals surface area contributed by atoms with Crippen molar-refractivity contribution in [1.29, 1.82) is 0 Å². The van der Waals surface area contributed by atoms with Gasteiger partial charge in [0.1, 0.15) is 12.1 Å². The molecule has 1 fully saturated rings. The molecule has 0 radical (unpaired) electrons. The number of carbonyl (C=O) groups excluding carboxylic acids is 2. The first-order valence-corrected chi connectivity index (χ1v) is 6.72. The highest BCUT2D eigenvalue weighted by atomic mass is 16.2. The van der Waals surface area contributed by atoms with Crippen molar-refractivity contribution in [2.24, 2.45) is 0 Å². The lowest BCUT2D eigenvalue weighted by Crippen LogP contribution is -2.62. The Balaban J connectivity index is 2.56. The van der Waals surface area contributed by atoms with Crippen molar-refractivity contribution < 1.29 is 9.59 Å². The van der Waals surface area contributed by atoms with Crippen LogP contribution in [0.5, 0.6) is 0 Å². The quantitative estimate of drug-likeness (QED) is 0.718. The number of hydrogen-bond acceptors (Lipinski definition) is 2. The lowest BCUT2D eigenvalue weighted by Gasteiger charge is -2.37. The lowest BCUT2D eigenvalue weighted by molar-refractivity contribution is -0.149. The van der Waals surface area contributed by atoms with E-state index in [1.54, 1.807) is 11.8 Å². The molecule has 0 bridgehead atoms. The Morgan fingerprint density at radius 3 is 2.47 bits per heavy atom. The molecular formula is C13H24N2O2. The fourth-order valence-electron chi connectivity index (χ4n) is 2.30. The van der Waals surface area contributed by atoms with Crippen molar-refractivity contribution in [3.05, 3.63) is 0 Å². The number of nitrogens with zero attached hydrogens (tertiary/aromatic N) is 1. The van der Waals surface area contributed by atoms with E-state index in [0.29, 0.717) is 6.42 Å². The summed E-state index contributed by atoms with van der Waals surface area (Å²) >= 11 is 0. The van der Waals surface area contributed by atoms with Gasteiger partial charge in [0.15, 0.2) is 0 Å². The molecule has 1 aliphatic rings. The van der Waals surface area contributed by atoms with Gasteiger partial charge in [0.05, 0.1) is 0 Å². The first-order valence-electron chi connectivity index (χ1n) is 6.72. The lowest BCUT2D eigenvalue weighted by atomic mass is 10.0. The van der Waals surface area contributed by atoms with Crippen LogP contribution in [0.25, 0.3) is 0 Å². The number of amides is 2. The maximum Gasteiger partial charge on any atom is 0.245 e. The fraction of sp³-hybridized carbons (Fsp3) is 0.846. The number of hydrogen-bond donors (Lipinski definition) is 1. The zero-order valence-electron chi connectivity index (χ0n) is 11.2. The SMILES string of the molecule is CCCCCCN1C(=O)C(C)NC(=O)C1CC. The summed E-state index contributed by atoms with van der Waals surface area (Å²) in [5.74, 6) is 0.0584. The second-order valence-electron chi connectivity index (χ2n) is 4.75. The minimum Gasteiger partial charge on any atom is -0.343 e. The van der Waals surface area contributed by atoms with E-state index < -0.39 is 0 Å². The van der Waals surface area contributed by atoms with Gasteiger partial charge < -0.3 is 10.2 Å². The predicted octanol–water partition coefficient (Wildman–Crippen LogP) is 1.69. The molecule has 0 aromatic rings. The molecule has 1 aliphatic heterocycles. The van der Waals surface area contributed by atoms with Crippen molar-refractivity contribution >= 4 is 11.8 Å². The van der Waals surface area contributed by atoms with Gasteiger partial charge in [-0.05, 0) is 19.8 Å². The van der Waals surface area contributed by atoms with Gasteiger partial charge in [0, 0.05) is 6.54 Å². The van der Waals surface area contributed by atoms with Gasteiger partial charge >= 0.3 is 0 Å². The Morgan fingerprint density at radius 1 is 1.18 bits per heavy atom.